The summed E-state index contributed by atoms with van der Waals surface area (Å²) in [5, 5.41) is 0. The summed E-state index contributed by atoms with van der Waals surface area (Å²) in [5.41, 5.74) is 7.02. The monoisotopic (exact) mass is 312 g/mol. The van der Waals surface area contributed by atoms with Crippen LogP contribution < -0.4 is 10.5 Å². The number of benzene rings is 1. The maximum Gasteiger partial charge on any atom is 0.215 e. The molecule has 0 amide bonds. The van der Waals surface area contributed by atoms with Gasteiger partial charge in [0.25, 0.3) is 0 Å². The summed E-state index contributed by atoms with van der Waals surface area (Å²) in [7, 11) is -3.37. The molecule has 1 aromatic rings. The quantitative estimate of drug-likeness (QED) is 0.787. The van der Waals surface area contributed by atoms with Crippen molar-refractivity contribution in [1.82, 2.24) is 4.72 Å². The first-order valence-electron chi connectivity index (χ1n) is 6.66. The van der Waals surface area contributed by atoms with Crippen LogP contribution in [0.15, 0.2) is 24.3 Å². The van der Waals surface area contributed by atoms with Gasteiger partial charge >= 0.3 is 0 Å². The van der Waals surface area contributed by atoms with Crippen molar-refractivity contribution in [3.63, 3.8) is 0 Å². The van der Waals surface area contributed by atoms with Crippen molar-refractivity contribution in [2.45, 2.75) is 31.9 Å². The van der Waals surface area contributed by atoms with Gasteiger partial charge in [0, 0.05) is 12.1 Å². The minimum Gasteiger partial charge on any atom is -0.389 e. The Kier molecular flexibility index (Phi) is 4.46. The zero-order chi connectivity index (χ0) is 14.8. The van der Waals surface area contributed by atoms with Gasteiger partial charge in [-0.3, -0.25) is 0 Å². The first kappa shape index (κ1) is 15.4. The molecule has 1 aliphatic rings. The summed E-state index contributed by atoms with van der Waals surface area (Å²) >= 11 is 4.95. The summed E-state index contributed by atoms with van der Waals surface area (Å²) in [5.74, 6) is -0.0867. The molecule has 1 fully saturated rings. The van der Waals surface area contributed by atoms with Gasteiger partial charge in [-0.25, -0.2) is 13.1 Å². The lowest BCUT2D eigenvalue weighted by Crippen LogP contribution is -2.40. The lowest BCUT2D eigenvalue weighted by Gasteiger charge is -2.38. The summed E-state index contributed by atoms with van der Waals surface area (Å²) in [6, 6.07) is 7.09. The number of hydrogen-bond donors (Lipinski definition) is 2. The fourth-order valence-electron chi connectivity index (χ4n) is 2.38. The molecule has 6 heteroatoms. The Morgan fingerprint density at radius 1 is 1.40 bits per heavy atom. The highest BCUT2D eigenvalue weighted by Crippen LogP contribution is 2.39. The van der Waals surface area contributed by atoms with Crippen molar-refractivity contribution >= 4 is 27.2 Å². The van der Waals surface area contributed by atoms with Crippen molar-refractivity contribution in [1.29, 1.82) is 0 Å². The van der Waals surface area contributed by atoms with Crippen molar-refractivity contribution in [2.75, 3.05) is 6.54 Å². The first-order valence-corrected chi connectivity index (χ1v) is 8.72. The van der Waals surface area contributed by atoms with Gasteiger partial charge in [0.05, 0.1) is 5.75 Å². The molecular formula is C14H20N2O2S2. The van der Waals surface area contributed by atoms with Crippen LogP contribution in [-0.4, -0.2) is 20.0 Å². The highest BCUT2D eigenvalue weighted by atomic mass is 32.2. The number of thiocarbonyl (C=S) groups is 1. The van der Waals surface area contributed by atoms with Gasteiger partial charge in [0.1, 0.15) is 4.99 Å². The molecule has 0 bridgehead atoms. The third-order valence-corrected chi connectivity index (χ3v) is 5.40. The molecule has 1 aliphatic carbocycles. The molecule has 1 aromatic carbocycles. The topological polar surface area (TPSA) is 72.2 Å². The number of nitrogens with two attached hydrogens (primary N) is 1. The lowest BCUT2D eigenvalue weighted by atomic mass is 9.71. The van der Waals surface area contributed by atoms with E-state index in [-0.39, 0.29) is 16.2 Å². The summed E-state index contributed by atoms with van der Waals surface area (Å²) < 4.78 is 27.0. The van der Waals surface area contributed by atoms with E-state index in [0.29, 0.717) is 17.7 Å². The Labute approximate surface area is 125 Å². The zero-order valence-corrected chi connectivity index (χ0v) is 13.2. The van der Waals surface area contributed by atoms with Gasteiger partial charge in [0.15, 0.2) is 0 Å². The molecule has 1 saturated carbocycles. The maximum atomic E-state index is 12.2. The average Bonchev–Trinajstić information content (AvgIpc) is 2.34. The van der Waals surface area contributed by atoms with E-state index in [4.69, 9.17) is 18.0 Å². The van der Waals surface area contributed by atoms with Crippen LogP contribution in [0, 0.1) is 5.41 Å². The van der Waals surface area contributed by atoms with Gasteiger partial charge in [0.2, 0.25) is 10.0 Å². The Bertz CT molecular complexity index is 607. The zero-order valence-electron chi connectivity index (χ0n) is 11.6. The van der Waals surface area contributed by atoms with E-state index in [0.717, 1.165) is 12.8 Å². The Morgan fingerprint density at radius 2 is 2.05 bits per heavy atom. The van der Waals surface area contributed by atoms with E-state index >= 15 is 0 Å². The SMILES string of the molecule is CC1(CNS(=O)(=O)Cc2ccccc2C(N)=S)CCC1. The number of rotatable bonds is 6. The first-order chi connectivity index (χ1) is 9.31. The number of hydrogen-bond acceptors (Lipinski definition) is 3. The molecule has 0 aliphatic heterocycles. The molecule has 0 unspecified atom stereocenters. The van der Waals surface area contributed by atoms with Gasteiger partial charge in [-0.15, -0.1) is 0 Å². The normalized spacial score (nSPS) is 17.4. The smallest absolute Gasteiger partial charge is 0.215 e. The Hall–Kier alpha value is -0.980. The maximum absolute atomic E-state index is 12.2. The van der Waals surface area contributed by atoms with Crippen LogP contribution in [0.3, 0.4) is 0 Å². The molecule has 0 radical (unpaired) electrons. The van der Waals surface area contributed by atoms with Crippen molar-refractivity contribution in [3.8, 4) is 0 Å². The molecule has 20 heavy (non-hydrogen) atoms. The molecule has 4 nitrogen and oxygen atoms in total. The van der Waals surface area contributed by atoms with Gasteiger partial charge in [-0.05, 0) is 23.8 Å². The standard InChI is InChI=1S/C14H20N2O2S2/c1-14(7-4-8-14)10-16-20(17,18)9-11-5-2-3-6-12(11)13(15)19/h2-3,5-6,16H,4,7-10H2,1H3,(H2,15,19). The predicted molar refractivity (Wildman–Crippen MR) is 84.9 cm³/mol. The van der Waals surface area contributed by atoms with Crippen LogP contribution in [0.1, 0.15) is 37.3 Å². The van der Waals surface area contributed by atoms with Crippen LogP contribution in [0.5, 0.6) is 0 Å². The molecule has 3 N–H and O–H groups in total. The van der Waals surface area contributed by atoms with Gasteiger partial charge in [-0.1, -0.05) is 49.8 Å². The van der Waals surface area contributed by atoms with Crippen LogP contribution in [0.25, 0.3) is 0 Å². The fraction of sp³-hybridized carbons (Fsp3) is 0.500. The summed E-state index contributed by atoms with van der Waals surface area (Å²) in [4.78, 5) is 0.224. The van der Waals surface area contributed by atoms with E-state index in [1.165, 1.54) is 6.42 Å². The minimum absolute atomic E-state index is 0.0867. The largest absolute Gasteiger partial charge is 0.389 e. The molecular weight excluding hydrogens is 292 g/mol. The second-order valence-corrected chi connectivity index (χ2v) is 8.01. The highest BCUT2D eigenvalue weighted by Gasteiger charge is 2.32. The van der Waals surface area contributed by atoms with Crippen LogP contribution in [-0.2, 0) is 15.8 Å². The molecule has 0 spiro atoms. The van der Waals surface area contributed by atoms with Crippen molar-refractivity contribution in [2.24, 2.45) is 11.1 Å². The van der Waals surface area contributed by atoms with Crippen LogP contribution >= 0.6 is 12.2 Å². The molecule has 110 valence electrons. The van der Waals surface area contributed by atoms with E-state index in [1.54, 1.807) is 24.3 Å². The predicted octanol–water partition coefficient (Wildman–Crippen LogP) is 1.93. The van der Waals surface area contributed by atoms with Gasteiger partial charge in [-0.2, -0.15) is 0 Å². The lowest BCUT2D eigenvalue weighted by molar-refractivity contribution is 0.166. The van der Waals surface area contributed by atoms with E-state index < -0.39 is 10.0 Å². The Balaban J connectivity index is 2.06. The average molecular weight is 312 g/mol. The van der Waals surface area contributed by atoms with E-state index in [1.807, 2.05) is 0 Å². The fourth-order valence-corrected chi connectivity index (χ4v) is 3.91. The third kappa shape index (κ3) is 3.77. The number of nitrogens with one attached hydrogen (secondary N) is 1. The van der Waals surface area contributed by atoms with E-state index in [2.05, 4.69) is 11.6 Å². The molecule has 0 saturated heterocycles. The second-order valence-electron chi connectivity index (χ2n) is 5.77. The van der Waals surface area contributed by atoms with Crippen LogP contribution in [0.2, 0.25) is 0 Å². The van der Waals surface area contributed by atoms with Crippen molar-refractivity contribution in [3.05, 3.63) is 35.4 Å². The molecule has 0 atom stereocenters. The molecule has 0 heterocycles. The van der Waals surface area contributed by atoms with Crippen LogP contribution in [0.4, 0.5) is 0 Å². The molecule has 2 rings (SSSR count). The van der Waals surface area contributed by atoms with Gasteiger partial charge < -0.3 is 5.73 Å². The molecule has 0 aromatic heterocycles. The number of sulfonamides is 1. The van der Waals surface area contributed by atoms with Crippen molar-refractivity contribution < 1.29 is 8.42 Å². The second kappa shape index (κ2) is 5.79. The minimum atomic E-state index is -3.37. The third-order valence-electron chi connectivity index (χ3n) is 3.91. The summed E-state index contributed by atoms with van der Waals surface area (Å²) in [6.45, 7) is 2.62. The highest BCUT2D eigenvalue weighted by molar-refractivity contribution is 7.88. The summed E-state index contributed by atoms with van der Waals surface area (Å²) in [6.07, 6.45) is 3.35. The Morgan fingerprint density at radius 3 is 2.60 bits per heavy atom. The van der Waals surface area contributed by atoms with E-state index in [9.17, 15) is 8.42 Å².